The lowest BCUT2D eigenvalue weighted by Crippen LogP contribution is -2.60. The van der Waals surface area contributed by atoms with Crippen molar-refractivity contribution in [2.24, 2.45) is 17.8 Å². The number of rotatable bonds is 5. The van der Waals surface area contributed by atoms with Gasteiger partial charge in [0.2, 0.25) is 17.6 Å². The van der Waals surface area contributed by atoms with E-state index in [1.807, 2.05) is 0 Å². The lowest BCUT2D eigenvalue weighted by molar-refractivity contribution is -0.125. The average molecular weight is 832 g/mol. The molecular weight excluding hydrogens is 806 g/mol. The Kier molecular flexibility index (Phi) is 8.47. The second-order valence-corrected chi connectivity index (χ2v) is 15.9. The Balaban J connectivity index is 1.19. The molecule has 0 radical (unpaired) electrons. The van der Waals surface area contributed by atoms with E-state index in [2.05, 4.69) is 0 Å². The Morgan fingerprint density at radius 1 is 0.655 bits per heavy atom. The van der Waals surface area contributed by atoms with Gasteiger partial charge in [-0.3, -0.25) is 28.9 Å². The van der Waals surface area contributed by atoms with E-state index in [0.717, 1.165) is 4.90 Å². The maximum atomic E-state index is 15.4. The largest absolute Gasteiger partial charge is 0.507 e. The minimum atomic E-state index is -2.73. The number of halogens is 7. The molecule has 2 saturated heterocycles. The van der Waals surface area contributed by atoms with Crippen molar-refractivity contribution in [2.75, 3.05) is 9.80 Å². The molecule has 58 heavy (non-hydrogen) atoms. The molecule has 9 rings (SSSR count). The highest BCUT2D eigenvalue weighted by atomic mass is 35.5. The molecule has 5 aromatic carbocycles. The van der Waals surface area contributed by atoms with Crippen molar-refractivity contribution < 1.29 is 51.0 Å². The summed E-state index contributed by atoms with van der Waals surface area (Å²) in [6.45, 7) is 0. The zero-order valence-electron chi connectivity index (χ0n) is 29.5. The lowest BCUT2D eigenvalue weighted by Gasteiger charge is -2.51. The van der Waals surface area contributed by atoms with Crippen LogP contribution < -0.4 is 9.80 Å². The van der Waals surface area contributed by atoms with Crippen LogP contribution in [-0.2, 0) is 19.2 Å². The molecule has 4 aliphatic rings. The van der Waals surface area contributed by atoms with E-state index in [0.29, 0.717) is 10.9 Å². The van der Waals surface area contributed by atoms with E-state index in [1.54, 1.807) is 60.7 Å². The van der Waals surface area contributed by atoms with E-state index >= 15 is 8.78 Å². The van der Waals surface area contributed by atoms with E-state index in [-0.39, 0.29) is 50.6 Å². The molecule has 0 unspecified atom stereocenters. The third-order valence-electron chi connectivity index (χ3n) is 11.9. The SMILES string of the molecule is O=C(c1ccccc1)c1ccc(N2C(=O)[C@H]3[C@H](CC=C4[C@H]3C[C@@]3(Cl)C(=O)N(c5c(F)c(F)c(F)c(F)c5F)C(=O)[C@@]3(Cl)[C@H]4c3ccc(O)c4ccccc34)C2=O)cc1. The molecule has 2 heterocycles. The van der Waals surface area contributed by atoms with Gasteiger partial charge in [-0.15, -0.1) is 23.2 Å². The number of aromatic hydroxyl groups is 1. The first kappa shape index (κ1) is 37.6. The summed E-state index contributed by atoms with van der Waals surface area (Å²) in [5, 5.41) is 11.3. The molecule has 2 aliphatic carbocycles. The monoisotopic (exact) mass is 830 g/mol. The molecule has 8 nitrogen and oxygen atoms in total. The molecule has 0 spiro atoms. The van der Waals surface area contributed by atoms with Crippen molar-refractivity contribution in [3.63, 3.8) is 0 Å². The maximum absolute atomic E-state index is 15.4. The van der Waals surface area contributed by atoms with Gasteiger partial charge < -0.3 is 5.11 Å². The number of anilines is 2. The summed E-state index contributed by atoms with van der Waals surface area (Å²) < 4.78 is 74.3. The minimum absolute atomic E-state index is 0.0690. The number of hydrogen-bond acceptors (Lipinski definition) is 6. The normalized spacial score (nSPS) is 26.5. The van der Waals surface area contributed by atoms with Gasteiger partial charge in [-0.05, 0) is 60.0 Å². The summed E-state index contributed by atoms with van der Waals surface area (Å²) >= 11 is 14.6. The molecule has 15 heteroatoms. The van der Waals surface area contributed by atoms with Crippen LogP contribution in [0.5, 0.6) is 5.75 Å². The fourth-order valence-electron chi connectivity index (χ4n) is 9.24. The molecule has 5 aromatic rings. The molecule has 0 aromatic heterocycles. The second-order valence-electron chi connectivity index (χ2n) is 14.7. The van der Waals surface area contributed by atoms with E-state index in [4.69, 9.17) is 23.2 Å². The average Bonchev–Trinajstić information content (AvgIpc) is 3.57. The Hall–Kier alpha value is -5.92. The number of fused-ring (bicyclic) bond motifs is 5. The van der Waals surface area contributed by atoms with E-state index in [9.17, 15) is 42.3 Å². The number of allylic oxidation sites excluding steroid dienone is 2. The number of ketones is 1. The number of nitrogens with zero attached hydrogens (tertiary/aromatic N) is 2. The summed E-state index contributed by atoms with van der Waals surface area (Å²) in [5.41, 5.74) is -0.588. The predicted octanol–water partition coefficient (Wildman–Crippen LogP) is 8.24. The summed E-state index contributed by atoms with van der Waals surface area (Å²) in [6.07, 6.45) is 0.847. The molecule has 1 N–H and O–H groups in total. The molecule has 6 atom stereocenters. The Bertz CT molecular complexity index is 2700. The van der Waals surface area contributed by atoms with Crippen LogP contribution in [0.15, 0.2) is 103 Å². The summed E-state index contributed by atoms with van der Waals surface area (Å²) in [4.78, 5) is 66.3. The zero-order valence-corrected chi connectivity index (χ0v) is 31.0. The molecule has 3 fully saturated rings. The predicted molar refractivity (Wildman–Crippen MR) is 201 cm³/mol. The summed E-state index contributed by atoms with van der Waals surface area (Å²) in [7, 11) is 0. The first-order valence-electron chi connectivity index (χ1n) is 17.9. The van der Waals surface area contributed by atoms with Gasteiger partial charge in [-0.25, -0.2) is 26.9 Å². The second kappa shape index (κ2) is 13.0. The minimum Gasteiger partial charge on any atom is -0.507 e. The van der Waals surface area contributed by atoms with Crippen molar-refractivity contribution in [3.05, 3.63) is 148 Å². The first-order valence-corrected chi connectivity index (χ1v) is 18.7. The Morgan fingerprint density at radius 2 is 1.24 bits per heavy atom. The van der Waals surface area contributed by atoms with Crippen molar-refractivity contribution in [2.45, 2.75) is 28.5 Å². The third kappa shape index (κ3) is 4.89. The summed E-state index contributed by atoms with van der Waals surface area (Å²) in [5.74, 6) is -22.3. The third-order valence-corrected chi connectivity index (χ3v) is 13.3. The molecule has 1 saturated carbocycles. The van der Waals surface area contributed by atoms with Crippen LogP contribution in [0.4, 0.5) is 33.3 Å². The zero-order chi connectivity index (χ0) is 41.2. The van der Waals surface area contributed by atoms with Crippen molar-refractivity contribution in [3.8, 4) is 5.75 Å². The summed E-state index contributed by atoms with van der Waals surface area (Å²) in [6, 6.07) is 23.3. The van der Waals surface area contributed by atoms with Crippen LogP contribution in [0.25, 0.3) is 10.8 Å². The number of amides is 4. The first-order chi connectivity index (χ1) is 27.6. The van der Waals surface area contributed by atoms with Crippen LogP contribution in [0.1, 0.15) is 40.2 Å². The van der Waals surface area contributed by atoms with Crippen LogP contribution in [-0.4, -0.2) is 44.3 Å². The highest BCUT2D eigenvalue weighted by molar-refractivity contribution is 6.58. The standard InChI is InChI=1S/C43H25Cl2F5N2O6/c44-42-18-27-25(14-15-26-29(27)39(56)51(38(26)55)21-12-10-20(11-13-21)37(54)19-6-2-1-3-7-19)30(24-16-17-28(53)23-9-5-4-8-22(23)24)43(42,45)41(58)52(40(42)57)36-34(49)32(47)31(46)33(48)35(36)50/h1-14,16-17,26-27,29-30,53H,15,18H2/t26-,27+,29-,30-,42+,43-/m0/s1. The van der Waals surface area contributed by atoms with Gasteiger partial charge in [0.25, 0.3) is 11.8 Å². The van der Waals surface area contributed by atoms with Crippen molar-refractivity contribution in [1.82, 2.24) is 0 Å². The van der Waals surface area contributed by atoms with Gasteiger partial charge >= 0.3 is 0 Å². The number of carbonyl (C=O) groups is 5. The number of imide groups is 2. The van der Waals surface area contributed by atoms with Gasteiger partial charge in [-0.2, -0.15) is 0 Å². The smallest absolute Gasteiger partial charge is 0.258 e. The van der Waals surface area contributed by atoms with Crippen LogP contribution >= 0.6 is 23.2 Å². The maximum Gasteiger partial charge on any atom is 0.258 e. The number of phenols is 1. The van der Waals surface area contributed by atoms with Gasteiger partial charge in [0, 0.05) is 22.4 Å². The van der Waals surface area contributed by atoms with Crippen LogP contribution in [0.2, 0.25) is 0 Å². The van der Waals surface area contributed by atoms with Crippen molar-refractivity contribution in [1.29, 1.82) is 0 Å². The van der Waals surface area contributed by atoms with Crippen molar-refractivity contribution >= 4 is 74.8 Å². The number of hydrogen-bond donors (Lipinski definition) is 1. The van der Waals surface area contributed by atoms with Gasteiger partial charge in [0.15, 0.2) is 38.8 Å². The van der Waals surface area contributed by atoms with E-state index < -0.39 is 98.2 Å². The number of benzene rings is 5. The number of phenolic OH excluding ortho intramolecular Hbond substituents is 1. The molecule has 292 valence electrons. The fraction of sp³-hybridized carbons (Fsp3) is 0.186. The molecular formula is C43H25Cl2F5N2O6. The van der Waals surface area contributed by atoms with Gasteiger partial charge in [-0.1, -0.05) is 72.3 Å². The van der Waals surface area contributed by atoms with Crippen LogP contribution in [0, 0.1) is 46.8 Å². The topological polar surface area (TPSA) is 112 Å². The molecule has 2 aliphatic heterocycles. The van der Waals surface area contributed by atoms with Gasteiger partial charge in [0.1, 0.15) is 11.4 Å². The van der Waals surface area contributed by atoms with Gasteiger partial charge in [0.05, 0.1) is 17.5 Å². The number of alkyl halides is 2. The van der Waals surface area contributed by atoms with E-state index in [1.165, 1.54) is 36.4 Å². The lowest BCUT2D eigenvalue weighted by atomic mass is 9.56. The highest BCUT2D eigenvalue weighted by Crippen LogP contribution is 2.66. The number of carbonyl (C=O) groups excluding carboxylic acids is 5. The fourth-order valence-corrected chi connectivity index (χ4v) is 10.2. The Morgan fingerprint density at radius 3 is 1.90 bits per heavy atom. The Labute approximate surface area is 335 Å². The van der Waals surface area contributed by atoms with Crippen LogP contribution in [0.3, 0.4) is 0 Å². The molecule has 4 amide bonds. The molecule has 0 bridgehead atoms. The quantitative estimate of drug-likeness (QED) is 0.0364. The highest BCUT2D eigenvalue weighted by Gasteiger charge is 2.77.